The van der Waals surface area contributed by atoms with Gasteiger partial charge in [0.15, 0.2) is 0 Å². The zero-order valence-electron chi connectivity index (χ0n) is 24.2. The summed E-state index contributed by atoms with van der Waals surface area (Å²) >= 11 is 0. The van der Waals surface area contributed by atoms with Gasteiger partial charge in [-0.05, 0) is 66.6 Å². The zero-order chi connectivity index (χ0) is 30.1. The van der Waals surface area contributed by atoms with Crippen molar-refractivity contribution in [3.05, 3.63) is 107 Å². The summed E-state index contributed by atoms with van der Waals surface area (Å²) in [6.45, 7) is 11.0. The summed E-state index contributed by atoms with van der Waals surface area (Å²) in [7, 11) is 3.25. The van der Waals surface area contributed by atoms with E-state index >= 15 is 0 Å². The number of fused-ring (bicyclic) bond motifs is 1. The molecular weight excluding hydrogens is 530 g/mol. The molecule has 1 aliphatic heterocycles. The monoisotopic (exact) mass is 565 g/mol. The summed E-state index contributed by atoms with van der Waals surface area (Å²) < 4.78 is 17.0. The number of aryl methyl sites for hydroxylation is 1. The molecule has 0 bridgehead atoms. The molecule has 1 fully saturated rings. The third-order valence-electron chi connectivity index (χ3n) is 6.87. The third-order valence-corrected chi connectivity index (χ3v) is 6.87. The van der Waals surface area contributed by atoms with Crippen LogP contribution in [0.1, 0.15) is 11.1 Å². The highest BCUT2D eigenvalue weighted by molar-refractivity contribution is 5.95. The first-order valence-corrected chi connectivity index (χ1v) is 13.5. The molecule has 0 amide bonds. The standard InChI is InChI=1S/C31H27N3O3.C2H6O.CH2O/c1-3-22-17-23(29-9-6-14-37-29)19-24(18-22)30-26-7-4-5-8-27(26)31(35)34(32-30)28-20-25(11-10-21(28)2)33-12-15-36-16-13-33;1-3-2;1-2/h3-11,14,17-20H,1,12-13,15-16H2,2H3;1-2H3;1H2. The van der Waals surface area contributed by atoms with E-state index in [1.165, 1.54) is 0 Å². The van der Waals surface area contributed by atoms with E-state index in [0.717, 1.165) is 63.6 Å². The molecule has 2 aromatic heterocycles. The lowest BCUT2D eigenvalue weighted by molar-refractivity contribution is -0.0980. The first-order valence-electron chi connectivity index (χ1n) is 13.5. The van der Waals surface area contributed by atoms with Crippen molar-refractivity contribution in [3.63, 3.8) is 0 Å². The van der Waals surface area contributed by atoms with Crippen molar-refractivity contribution < 1.29 is 18.7 Å². The minimum Gasteiger partial charge on any atom is -0.464 e. The van der Waals surface area contributed by atoms with Gasteiger partial charge in [0.2, 0.25) is 0 Å². The van der Waals surface area contributed by atoms with Crippen molar-refractivity contribution >= 4 is 29.3 Å². The lowest BCUT2D eigenvalue weighted by Crippen LogP contribution is -2.36. The van der Waals surface area contributed by atoms with E-state index < -0.39 is 0 Å². The highest BCUT2D eigenvalue weighted by Gasteiger charge is 2.18. The van der Waals surface area contributed by atoms with E-state index in [2.05, 4.69) is 34.4 Å². The maximum absolute atomic E-state index is 13.8. The number of morpholine rings is 1. The minimum absolute atomic E-state index is 0.146. The van der Waals surface area contributed by atoms with Gasteiger partial charge >= 0.3 is 0 Å². The normalized spacial score (nSPS) is 12.6. The summed E-state index contributed by atoms with van der Waals surface area (Å²) in [4.78, 5) is 24.0. The predicted molar refractivity (Wildman–Crippen MR) is 168 cm³/mol. The number of ether oxygens (including phenoxy) is 2. The van der Waals surface area contributed by atoms with Crippen LogP contribution in [-0.4, -0.2) is 57.1 Å². The molecule has 216 valence electrons. The van der Waals surface area contributed by atoms with Crippen molar-refractivity contribution in [2.24, 2.45) is 0 Å². The maximum atomic E-state index is 13.8. The number of methoxy groups -OCH3 is 1. The number of furan rings is 1. The Labute approximate surface area is 245 Å². The van der Waals surface area contributed by atoms with E-state index in [4.69, 9.17) is 19.0 Å². The molecule has 0 spiro atoms. The topological polar surface area (TPSA) is 86.8 Å². The number of rotatable bonds is 5. The molecule has 1 aliphatic rings. The molecule has 0 saturated carbocycles. The first kappa shape index (κ1) is 30.2. The molecule has 42 heavy (non-hydrogen) atoms. The number of anilines is 1. The SMILES string of the molecule is C=Cc1cc(-c2ccco2)cc(-c2nn(-c3cc(N4CCOCC4)ccc3C)c(=O)c3ccccc23)c1.C=O.COC. The van der Waals surface area contributed by atoms with Gasteiger partial charge < -0.3 is 23.6 Å². The lowest BCUT2D eigenvalue weighted by atomic mass is 9.99. The molecule has 8 nitrogen and oxygen atoms in total. The quantitative estimate of drug-likeness (QED) is 0.252. The number of carbonyl (C=O) groups excluding carboxylic acids is 1. The van der Waals surface area contributed by atoms with Crippen LogP contribution in [0.4, 0.5) is 5.69 Å². The Morgan fingerprint density at radius 1 is 0.905 bits per heavy atom. The summed E-state index contributed by atoms with van der Waals surface area (Å²) in [5, 5.41) is 6.40. The smallest absolute Gasteiger partial charge is 0.279 e. The molecule has 3 heterocycles. The van der Waals surface area contributed by atoms with Crippen LogP contribution < -0.4 is 10.5 Å². The Hall–Kier alpha value is -4.79. The molecular formula is C34H35N3O5. The number of nitrogens with zero attached hydrogens (tertiary/aromatic N) is 3. The average molecular weight is 566 g/mol. The van der Waals surface area contributed by atoms with Crippen LogP contribution in [-0.2, 0) is 14.3 Å². The van der Waals surface area contributed by atoms with Gasteiger partial charge in [-0.25, -0.2) is 0 Å². The summed E-state index contributed by atoms with van der Waals surface area (Å²) in [5.41, 5.74) is 6.13. The minimum atomic E-state index is -0.146. The van der Waals surface area contributed by atoms with Gasteiger partial charge in [-0.2, -0.15) is 9.78 Å². The van der Waals surface area contributed by atoms with Crippen LogP contribution in [0.15, 0.2) is 94.9 Å². The number of benzene rings is 3. The Kier molecular flexibility index (Phi) is 10.2. The Morgan fingerprint density at radius 3 is 2.26 bits per heavy atom. The Bertz CT molecular complexity index is 1700. The zero-order valence-corrected chi connectivity index (χ0v) is 24.2. The third kappa shape index (κ3) is 6.40. The van der Waals surface area contributed by atoms with Gasteiger partial charge in [0.05, 0.1) is 36.2 Å². The fourth-order valence-corrected chi connectivity index (χ4v) is 4.90. The second-order valence-corrected chi connectivity index (χ2v) is 9.61. The molecule has 8 heteroatoms. The molecule has 0 radical (unpaired) electrons. The number of carbonyl (C=O) groups is 1. The van der Waals surface area contributed by atoms with Crippen LogP contribution in [0, 0.1) is 6.92 Å². The van der Waals surface area contributed by atoms with E-state index in [1.807, 2.05) is 74.4 Å². The largest absolute Gasteiger partial charge is 0.464 e. The van der Waals surface area contributed by atoms with Gasteiger partial charge in [0.25, 0.3) is 5.56 Å². The van der Waals surface area contributed by atoms with Crippen LogP contribution in [0.3, 0.4) is 0 Å². The average Bonchev–Trinajstić information content (AvgIpc) is 3.59. The van der Waals surface area contributed by atoms with Crippen LogP contribution >= 0.6 is 0 Å². The van der Waals surface area contributed by atoms with Crippen molar-refractivity contribution in [3.8, 4) is 28.3 Å². The van der Waals surface area contributed by atoms with Crippen LogP contribution in [0.2, 0.25) is 0 Å². The summed E-state index contributed by atoms with van der Waals surface area (Å²) in [5.74, 6) is 0.761. The molecule has 3 aromatic carbocycles. The predicted octanol–water partition coefficient (Wildman–Crippen LogP) is 6.18. The highest BCUT2D eigenvalue weighted by Crippen LogP contribution is 2.32. The first-order chi connectivity index (χ1) is 20.5. The van der Waals surface area contributed by atoms with Crippen LogP contribution in [0.5, 0.6) is 0 Å². The maximum Gasteiger partial charge on any atom is 0.279 e. The van der Waals surface area contributed by atoms with E-state index in [1.54, 1.807) is 25.2 Å². The highest BCUT2D eigenvalue weighted by atomic mass is 16.5. The van der Waals surface area contributed by atoms with Gasteiger partial charge in [0.1, 0.15) is 12.5 Å². The summed E-state index contributed by atoms with van der Waals surface area (Å²) in [6.07, 6.45) is 3.47. The molecule has 1 saturated heterocycles. The number of hydrogen-bond acceptors (Lipinski definition) is 7. The van der Waals surface area contributed by atoms with Gasteiger partial charge in [0, 0.05) is 49.5 Å². The Balaban J connectivity index is 0.000000763. The van der Waals surface area contributed by atoms with Gasteiger partial charge in [-0.1, -0.05) is 36.9 Å². The van der Waals surface area contributed by atoms with E-state index in [9.17, 15) is 4.79 Å². The van der Waals surface area contributed by atoms with Crippen molar-refractivity contribution in [2.75, 3.05) is 45.4 Å². The molecule has 6 rings (SSSR count). The molecule has 5 aromatic rings. The molecule has 0 atom stereocenters. The fraction of sp³-hybridized carbons (Fsp3) is 0.206. The second-order valence-electron chi connectivity index (χ2n) is 9.61. The van der Waals surface area contributed by atoms with Crippen molar-refractivity contribution in [2.45, 2.75) is 6.92 Å². The van der Waals surface area contributed by atoms with E-state index in [0.29, 0.717) is 18.6 Å². The Morgan fingerprint density at radius 2 is 1.60 bits per heavy atom. The van der Waals surface area contributed by atoms with Crippen molar-refractivity contribution in [1.82, 2.24) is 9.78 Å². The fourth-order valence-electron chi connectivity index (χ4n) is 4.90. The second kappa shape index (κ2) is 14.2. The van der Waals surface area contributed by atoms with Crippen LogP contribution in [0.25, 0.3) is 45.1 Å². The molecule has 0 aliphatic carbocycles. The molecule has 0 unspecified atom stereocenters. The molecule has 0 N–H and O–H groups in total. The number of hydrogen-bond donors (Lipinski definition) is 0. The lowest BCUT2D eigenvalue weighted by Gasteiger charge is -2.29. The van der Waals surface area contributed by atoms with E-state index in [-0.39, 0.29) is 5.56 Å². The van der Waals surface area contributed by atoms with Crippen molar-refractivity contribution in [1.29, 1.82) is 0 Å². The van der Waals surface area contributed by atoms with Gasteiger partial charge in [-0.15, -0.1) is 0 Å². The summed E-state index contributed by atoms with van der Waals surface area (Å²) in [6, 6.07) is 23.8. The number of aromatic nitrogens is 2. The van der Waals surface area contributed by atoms with Gasteiger partial charge in [-0.3, -0.25) is 4.79 Å².